The lowest BCUT2D eigenvalue weighted by Crippen LogP contribution is -2.41. The summed E-state index contributed by atoms with van der Waals surface area (Å²) in [5.74, 6) is 0.464. The molecule has 4 rings (SSSR count). The summed E-state index contributed by atoms with van der Waals surface area (Å²) in [6.45, 7) is 3.58. The Morgan fingerprint density at radius 3 is 2.96 bits per heavy atom. The van der Waals surface area contributed by atoms with E-state index in [4.69, 9.17) is 4.74 Å². The third-order valence-corrected chi connectivity index (χ3v) is 4.41. The molecule has 1 aliphatic rings. The number of H-pyrrole nitrogens is 1. The number of imidazole rings is 1. The predicted octanol–water partition coefficient (Wildman–Crippen LogP) is 1.98. The Balaban J connectivity index is 1.58. The summed E-state index contributed by atoms with van der Waals surface area (Å²) in [6.07, 6.45) is 3.08. The van der Waals surface area contributed by atoms with E-state index in [1.54, 1.807) is 18.5 Å². The standard InChI is InChI=1S/C17H19FN6O/c18-13-3-1-2-12(8-13)14(24-4-6-25-7-5-24)9-19-16-15-17(21-10-20-15)23-11-22-16/h1-3,8,10-11,14H,4-7,9H2,(H2,19,20,21,22,23)/t14-/m0/s1. The van der Waals surface area contributed by atoms with Gasteiger partial charge in [0.05, 0.1) is 25.6 Å². The molecule has 0 saturated carbocycles. The fourth-order valence-electron chi connectivity index (χ4n) is 3.15. The van der Waals surface area contributed by atoms with Gasteiger partial charge in [-0.1, -0.05) is 12.1 Å². The van der Waals surface area contributed by atoms with Gasteiger partial charge in [0.1, 0.15) is 17.7 Å². The Bertz CT molecular complexity index is 848. The van der Waals surface area contributed by atoms with Gasteiger partial charge in [0.2, 0.25) is 0 Å². The number of aromatic nitrogens is 4. The van der Waals surface area contributed by atoms with Crippen LogP contribution in [-0.4, -0.2) is 57.7 Å². The van der Waals surface area contributed by atoms with E-state index < -0.39 is 0 Å². The van der Waals surface area contributed by atoms with Crippen LogP contribution in [0.1, 0.15) is 11.6 Å². The largest absolute Gasteiger partial charge is 0.379 e. The van der Waals surface area contributed by atoms with Crippen LogP contribution in [0, 0.1) is 5.82 Å². The molecule has 1 atom stereocenters. The highest BCUT2D eigenvalue weighted by molar-refractivity contribution is 5.81. The van der Waals surface area contributed by atoms with Crippen molar-refractivity contribution in [2.24, 2.45) is 0 Å². The first-order valence-electron chi connectivity index (χ1n) is 8.26. The van der Waals surface area contributed by atoms with Gasteiger partial charge in [-0.25, -0.2) is 19.3 Å². The van der Waals surface area contributed by atoms with Crippen LogP contribution in [0.5, 0.6) is 0 Å². The molecule has 2 aromatic heterocycles. The van der Waals surface area contributed by atoms with Crippen molar-refractivity contribution in [3.05, 3.63) is 48.3 Å². The quantitative estimate of drug-likeness (QED) is 0.738. The Morgan fingerprint density at radius 2 is 2.12 bits per heavy atom. The molecule has 8 heteroatoms. The molecule has 3 aromatic rings. The minimum atomic E-state index is -0.228. The number of hydrogen-bond donors (Lipinski definition) is 2. The molecule has 25 heavy (non-hydrogen) atoms. The maximum Gasteiger partial charge on any atom is 0.182 e. The number of benzene rings is 1. The first-order chi connectivity index (χ1) is 12.3. The molecular weight excluding hydrogens is 323 g/mol. The third-order valence-electron chi connectivity index (χ3n) is 4.41. The highest BCUT2D eigenvalue weighted by Gasteiger charge is 2.23. The number of nitrogens with one attached hydrogen (secondary N) is 2. The number of morpholine rings is 1. The van der Waals surface area contributed by atoms with Gasteiger partial charge < -0.3 is 15.0 Å². The summed E-state index contributed by atoms with van der Waals surface area (Å²) >= 11 is 0. The molecule has 0 bridgehead atoms. The summed E-state index contributed by atoms with van der Waals surface area (Å²) in [7, 11) is 0. The maximum atomic E-state index is 13.7. The van der Waals surface area contributed by atoms with Crippen molar-refractivity contribution in [1.82, 2.24) is 24.8 Å². The number of hydrogen-bond acceptors (Lipinski definition) is 6. The predicted molar refractivity (Wildman–Crippen MR) is 91.7 cm³/mol. The highest BCUT2D eigenvalue weighted by atomic mass is 19.1. The molecule has 2 N–H and O–H groups in total. The Kier molecular flexibility index (Phi) is 4.53. The molecule has 0 aliphatic carbocycles. The minimum absolute atomic E-state index is 0.0209. The van der Waals surface area contributed by atoms with Gasteiger partial charge in [-0.2, -0.15) is 0 Å². The van der Waals surface area contributed by atoms with Crippen molar-refractivity contribution in [3.8, 4) is 0 Å². The molecule has 1 aromatic carbocycles. The molecule has 0 radical (unpaired) electrons. The maximum absolute atomic E-state index is 13.7. The summed E-state index contributed by atoms with van der Waals surface area (Å²) in [6, 6.07) is 6.78. The van der Waals surface area contributed by atoms with Crippen molar-refractivity contribution in [2.75, 3.05) is 38.2 Å². The molecule has 1 saturated heterocycles. The van der Waals surface area contributed by atoms with E-state index in [0.29, 0.717) is 31.2 Å². The number of aromatic amines is 1. The fourth-order valence-corrected chi connectivity index (χ4v) is 3.15. The number of nitrogens with zero attached hydrogens (tertiary/aromatic N) is 4. The van der Waals surface area contributed by atoms with Gasteiger partial charge in [-0.05, 0) is 17.7 Å². The smallest absolute Gasteiger partial charge is 0.182 e. The normalized spacial score (nSPS) is 16.8. The molecule has 0 unspecified atom stereocenters. The van der Waals surface area contributed by atoms with Crippen molar-refractivity contribution >= 4 is 17.0 Å². The molecular formula is C17H19FN6O. The van der Waals surface area contributed by atoms with Crippen molar-refractivity contribution in [2.45, 2.75) is 6.04 Å². The zero-order valence-electron chi connectivity index (χ0n) is 13.7. The van der Waals surface area contributed by atoms with Crippen LogP contribution in [0.4, 0.5) is 10.2 Å². The van der Waals surface area contributed by atoms with E-state index in [2.05, 4.69) is 30.2 Å². The van der Waals surface area contributed by atoms with Crippen LogP contribution < -0.4 is 5.32 Å². The van der Waals surface area contributed by atoms with E-state index in [0.717, 1.165) is 24.2 Å². The molecule has 0 amide bonds. The van der Waals surface area contributed by atoms with Crippen LogP contribution in [-0.2, 0) is 4.74 Å². The molecule has 7 nitrogen and oxygen atoms in total. The first kappa shape index (κ1) is 15.9. The Hall–Kier alpha value is -2.58. The lowest BCUT2D eigenvalue weighted by atomic mass is 10.0. The van der Waals surface area contributed by atoms with Gasteiger partial charge >= 0.3 is 0 Å². The number of ether oxygens (including phenoxy) is 1. The second-order valence-electron chi connectivity index (χ2n) is 5.92. The number of rotatable bonds is 5. The van der Waals surface area contributed by atoms with Crippen molar-refractivity contribution < 1.29 is 9.13 Å². The molecule has 1 fully saturated rings. The van der Waals surface area contributed by atoms with Crippen molar-refractivity contribution in [3.63, 3.8) is 0 Å². The summed E-state index contributed by atoms with van der Waals surface area (Å²) < 4.78 is 19.2. The molecule has 0 spiro atoms. The Labute approximate surface area is 144 Å². The van der Waals surface area contributed by atoms with Crippen LogP contribution >= 0.6 is 0 Å². The Morgan fingerprint density at radius 1 is 1.24 bits per heavy atom. The second-order valence-corrected chi connectivity index (χ2v) is 5.92. The van der Waals surface area contributed by atoms with Crippen molar-refractivity contribution in [1.29, 1.82) is 0 Å². The summed E-state index contributed by atoms with van der Waals surface area (Å²) in [4.78, 5) is 17.9. The lowest BCUT2D eigenvalue weighted by molar-refractivity contribution is 0.0186. The molecule has 1 aliphatic heterocycles. The van der Waals surface area contributed by atoms with E-state index in [9.17, 15) is 4.39 Å². The molecule has 3 heterocycles. The van der Waals surface area contributed by atoms with Gasteiger partial charge in [-0.15, -0.1) is 0 Å². The minimum Gasteiger partial charge on any atom is -0.379 e. The van der Waals surface area contributed by atoms with Gasteiger partial charge in [0.15, 0.2) is 11.5 Å². The van der Waals surface area contributed by atoms with E-state index in [1.807, 2.05) is 6.07 Å². The topological polar surface area (TPSA) is 79.0 Å². The zero-order chi connectivity index (χ0) is 17.1. The average Bonchev–Trinajstić information content (AvgIpc) is 3.12. The molecule has 130 valence electrons. The summed E-state index contributed by atoms with van der Waals surface area (Å²) in [5.41, 5.74) is 2.32. The van der Waals surface area contributed by atoms with Crippen LogP contribution in [0.3, 0.4) is 0 Å². The average molecular weight is 342 g/mol. The van der Waals surface area contributed by atoms with Crippen LogP contribution in [0.2, 0.25) is 0 Å². The van der Waals surface area contributed by atoms with Crippen LogP contribution in [0.25, 0.3) is 11.2 Å². The fraction of sp³-hybridized carbons (Fsp3) is 0.353. The second kappa shape index (κ2) is 7.12. The van der Waals surface area contributed by atoms with Crippen LogP contribution in [0.15, 0.2) is 36.9 Å². The third kappa shape index (κ3) is 3.45. The van der Waals surface area contributed by atoms with Gasteiger partial charge in [0.25, 0.3) is 0 Å². The SMILES string of the molecule is Fc1cccc([C@H](CNc2ncnc3nc[nH]c23)N2CCOCC2)c1. The highest BCUT2D eigenvalue weighted by Crippen LogP contribution is 2.24. The first-order valence-corrected chi connectivity index (χ1v) is 8.26. The summed E-state index contributed by atoms with van der Waals surface area (Å²) in [5, 5.41) is 3.36. The van der Waals surface area contributed by atoms with E-state index >= 15 is 0 Å². The lowest BCUT2D eigenvalue weighted by Gasteiger charge is -2.35. The number of anilines is 1. The van der Waals surface area contributed by atoms with Gasteiger partial charge in [0, 0.05) is 19.6 Å². The van der Waals surface area contributed by atoms with Gasteiger partial charge in [-0.3, -0.25) is 4.90 Å². The number of halogens is 1. The number of fused-ring (bicyclic) bond motifs is 1. The zero-order valence-corrected chi connectivity index (χ0v) is 13.7. The monoisotopic (exact) mass is 342 g/mol. The van der Waals surface area contributed by atoms with E-state index in [-0.39, 0.29) is 11.9 Å². The van der Waals surface area contributed by atoms with E-state index in [1.165, 1.54) is 12.4 Å².